The van der Waals surface area contributed by atoms with Crippen molar-refractivity contribution in [1.29, 1.82) is 0 Å². The zero-order valence-corrected chi connectivity index (χ0v) is 9.55. The van der Waals surface area contributed by atoms with Crippen molar-refractivity contribution in [2.75, 3.05) is 6.54 Å². The minimum atomic E-state index is -2.61. The Morgan fingerprint density at radius 3 is 2.29 bits per heavy atom. The van der Waals surface area contributed by atoms with E-state index in [-0.39, 0.29) is 6.42 Å². The predicted molar refractivity (Wildman–Crippen MR) is 56.8 cm³/mol. The fourth-order valence-electron chi connectivity index (χ4n) is 2.26. The number of aliphatic carboxylic acids is 1. The molecule has 0 atom stereocenters. The number of nitrogens with one attached hydrogen (secondary N) is 1. The zero-order valence-electron chi connectivity index (χ0n) is 9.55. The summed E-state index contributed by atoms with van der Waals surface area (Å²) in [5, 5.41) is 11.2. The van der Waals surface area contributed by atoms with E-state index in [1.165, 1.54) is 0 Å². The Morgan fingerprint density at radius 2 is 1.82 bits per heavy atom. The van der Waals surface area contributed by atoms with Gasteiger partial charge in [0.2, 0.25) is 5.91 Å². The van der Waals surface area contributed by atoms with E-state index in [0.29, 0.717) is 12.8 Å². The number of hydrogen-bond acceptors (Lipinski definition) is 2. The van der Waals surface area contributed by atoms with Gasteiger partial charge in [-0.2, -0.15) is 0 Å². The first-order chi connectivity index (χ1) is 7.96. The Hall–Kier alpha value is -1.20. The van der Waals surface area contributed by atoms with Crippen LogP contribution in [0.2, 0.25) is 0 Å². The summed E-state index contributed by atoms with van der Waals surface area (Å²) in [6.45, 7) is -0.714. The third kappa shape index (κ3) is 3.94. The molecule has 0 radical (unpaired) electrons. The first-order valence-electron chi connectivity index (χ1n) is 5.74. The number of carbonyl (C=O) groups excluding carboxylic acids is 1. The number of carboxylic acid groups (broad SMARTS) is 1. The number of rotatable bonds is 5. The van der Waals surface area contributed by atoms with E-state index < -0.39 is 30.3 Å². The molecular formula is C11H17F2NO3. The van der Waals surface area contributed by atoms with Gasteiger partial charge in [-0.25, -0.2) is 8.78 Å². The van der Waals surface area contributed by atoms with Crippen LogP contribution in [0.4, 0.5) is 8.78 Å². The van der Waals surface area contributed by atoms with Crippen LogP contribution in [0.15, 0.2) is 0 Å². The summed E-state index contributed by atoms with van der Waals surface area (Å²) in [5.74, 6) is -1.60. The van der Waals surface area contributed by atoms with Crippen LogP contribution in [0.3, 0.4) is 0 Å². The second kappa shape index (κ2) is 5.93. The van der Waals surface area contributed by atoms with E-state index in [4.69, 9.17) is 0 Å². The van der Waals surface area contributed by atoms with Crippen LogP contribution in [-0.2, 0) is 9.59 Å². The van der Waals surface area contributed by atoms with Gasteiger partial charge in [0.1, 0.15) is 0 Å². The molecule has 17 heavy (non-hydrogen) atoms. The number of alkyl halides is 2. The number of hydrogen-bond donors (Lipinski definition) is 2. The first kappa shape index (κ1) is 13.9. The largest absolute Gasteiger partial charge is 0.481 e. The van der Waals surface area contributed by atoms with Crippen molar-refractivity contribution in [2.24, 2.45) is 5.41 Å². The monoisotopic (exact) mass is 249 g/mol. The fourth-order valence-corrected chi connectivity index (χ4v) is 2.26. The predicted octanol–water partition coefficient (Wildman–Crippen LogP) is 1.79. The molecule has 0 bridgehead atoms. The van der Waals surface area contributed by atoms with E-state index in [2.05, 4.69) is 5.32 Å². The molecule has 1 fully saturated rings. The minimum Gasteiger partial charge on any atom is -0.481 e. The Morgan fingerprint density at radius 1 is 1.24 bits per heavy atom. The molecule has 0 aliphatic heterocycles. The average molecular weight is 249 g/mol. The maximum Gasteiger partial charge on any atom is 0.310 e. The molecule has 0 aromatic heterocycles. The second-order valence-corrected chi connectivity index (χ2v) is 4.52. The van der Waals surface area contributed by atoms with Crippen molar-refractivity contribution in [2.45, 2.75) is 45.0 Å². The van der Waals surface area contributed by atoms with Crippen molar-refractivity contribution in [3.05, 3.63) is 0 Å². The Balaban J connectivity index is 2.54. The summed E-state index contributed by atoms with van der Waals surface area (Å²) in [4.78, 5) is 22.6. The highest BCUT2D eigenvalue weighted by molar-refractivity contribution is 5.85. The van der Waals surface area contributed by atoms with Crippen LogP contribution in [-0.4, -0.2) is 30.0 Å². The quantitative estimate of drug-likeness (QED) is 0.780. The van der Waals surface area contributed by atoms with Gasteiger partial charge in [0.05, 0.1) is 12.0 Å². The number of carboxylic acids is 1. The minimum absolute atomic E-state index is 0.199. The van der Waals surface area contributed by atoms with Crippen LogP contribution in [0, 0.1) is 5.41 Å². The number of carbonyl (C=O) groups is 2. The smallest absolute Gasteiger partial charge is 0.310 e. The lowest BCUT2D eigenvalue weighted by Gasteiger charge is -2.32. The maximum atomic E-state index is 11.9. The summed E-state index contributed by atoms with van der Waals surface area (Å²) >= 11 is 0. The third-order valence-corrected chi connectivity index (χ3v) is 3.22. The van der Waals surface area contributed by atoms with Crippen LogP contribution in [0.25, 0.3) is 0 Å². The topological polar surface area (TPSA) is 66.4 Å². The first-order valence-corrected chi connectivity index (χ1v) is 5.74. The van der Waals surface area contributed by atoms with Gasteiger partial charge < -0.3 is 10.4 Å². The Kier molecular flexibility index (Phi) is 4.84. The lowest BCUT2D eigenvalue weighted by molar-refractivity contribution is -0.154. The Bertz CT molecular complexity index is 288. The van der Waals surface area contributed by atoms with Crippen molar-refractivity contribution in [3.63, 3.8) is 0 Å². The molecule has 6 heteroatoms. The van der Waals surface area contributed by atoms with Gasteiger partial charge in [-0.05, 0) is 12.8 Å². The normalized spacial score (nSPS) is 19.0. The summed E-state index contributed by atoms with van der Waals surface area (Å²) in [6, 6.07) is 0. The van der Waals surface area contributed by atoms with E-state index in [9.17, 15) is 23.5 Å². The molecule has 0 heterocycles. The standard InChI is InChI=1S/C11H17F2NO3/c12-8(13)7-14-9(15)6-11(10(16)17)4-2-1-3-5-11/h8H,1-7H2,(H,14,15)(H,16,17). The molecule has 1 aliphatic carbocycles. The van der Waals surface area contributed by atoms with E-state index in [1.807, 2.05) is 0 Å². The molecule has 1 aliphatic rings. The van der Waals surface area contributed by atoms with Crippen molar-refractivity contribution in [3.8, 4) is 0 Å². The molecule has 0 saturated heterocycles. The summed E-state index contributed by atoms with van der Waals surface area (Å²) in [5.41, 5.74) is -1.05. The van der Waals surface area contributed by atoms with Crippen molar-refractivity contribution < 1.29 is 23.5 Å². The highest BCUT2D eigenvalue weighted by atomic mass is 19.3. The van der Waals surface area contributed by atoms with Gasteiger partial charge in [-0.1, -0.05) is 19.3 Å². The number of halogens is 2. The molecule has 0 aromatic rings. The molecule has 0 unspecified atom stereocenters. The van der Waals surface area contributed by atoms with Crippen LogP contribution >= 0.6 is 0 Å². The van der Waals surface area contributed by atoms with Gasteiger partial charge in [-0.15, -0.1) is 0 Å². The molecule has 0 spiro atoms. The van der Waals surface area contributed by atoms with Crippen LogP contribution in [0.1, 0.15) is 38.5 Å². The van der Waals surface area contributed by atoms with Gasteiger partial charge in [-0.3, -0.25) is 9.59 Å². The molecule has 1 amide bonds. The van der Waals surface area contributed by atoms with Crippen molar-refractivity contribution in [1.82, 2.24) is 5.32 Å². The molecule has 0 aromatic carbocycles. The van der Waals surface area contributed by atoms with E-state index in [1.54, 1.807) is 0 Å². The molecular weight excluding hydrogens is 232 g/mol. The van der Waals surface area contributed by atoms with Gasteiger partial charge >= 0.3 is 5.97 Å². The second-order valence-electron chi connectivity index (χ2n) is 4.52. The number of amides is 1. The Labute approximate surface area is 98.4 Å². The molecule has 2 N–H and O–H groups in total. The molecule has 1 saturated carbocycles. The van der Waals surface area contributed by atoms with Gasteiger partial charge in [0.25, 0.3) is 6.43 Å². The lowest BCUT2D eigenvalue weighted by Crippen LogP contribution is -2.40. The van der Waals surface area contributed by atoms with Gasteiger partial charge in [0, 0.05) is 6.42 Å². The lowest BCUT2D eigenvalue weighted by atomic mass is 9.71. The highest BCUT2D eigenvalue weighted by Crippen LogP contribution is 2.39. The zero-order chi connectivity index (χ0) is 12.9. The van der Waals surface area contributed by atoms with Gasteiger partial charge in [0.15, 0.2) is 0 Å². The fraction of sp³-hybridized carbons (Fsp3) is 0.818. The van der Waals surface area contributed by atoms with Crippen molar-refractivity contribution >= 4 is 11.9 Å². The summed E-state index contributed by atoms with van der Waals surface area (Å²) in [6.07, 6.45) is 0.603. The average Bonchev–Trinajstić information content (AvgIpc) is 2.27. The van der Waals surface area contributed by atoms with E-state index in [0.717, 1.165) is 19.3 Å². The molecule has 98 valence electrons. The summed E-state index contributed by atoms with van der Waals surface area (Å²) < 4.78 is 23.8. The van der Waals surface area contributed by atoms with Crippen LogP contribution in [0.5, 0.6) is 0 Å². The summed E-state index contributed by atoms with van der Waals surface area (Å²) in [7, 11) is 0. The van der Waals surface area contributed by atoms with E-state index >= 15 is 0 Å². The third-order valence-electron chi connectivity index (χ3n) is 3.22. The highest BCUT2D eigenvalue weighted by Gasteiger charge is 2.41. The maximum absolute atomic E-state index is 11.9. The molecule has 4 nitrogen and oxygen atoms in total. The molecule has 1 rings (SSSR count). The SMILES string of the molecule is O=C(CC1(C(=O)O)CCCCC1)NCC(F)F. The van der Waals surface area contributed by atoms with Crippen LogP contribution < -0.4 is 5.32 Å².